The third kappa shape index (κ3) is 4.61. The van der Waals surface area contributed by atoms with Crippen molar-refractivity contribution in [1.82, 2.24) is 15.2 Å². The molecular formula is C26H18ClN5O3S. The van der Waals surface area contributed by atoms with Crippen molar-refractivity contribution in [2.24, 2.45) is 5.10 Å². The zero-order valence-electron chi connectivity index (χ0n) is 18.9. The Morgan fingerprint density at radius 2 is 1.94 bits per heavy atom. The number of carbonyl (C=O) groups excluding carboxylic acids is 1. The second-order valence-corrected chi connectivity index (χ2v) is 9.39. The standard InChI is InChI=1S/C26H18ClN5O3S/c1-16-10-11-21-22(12-16)36-25(23(21)27)26(33)29-28-14-18-15-31(19-7-3-2-4-8-19)30-24(18)17-6-5-9-20(13-17)32(34)35/h2-15H,1H3,(H,29,33)/b28-14-. The van der Waals surface area contributed by atoms with E-state index in [-0.39, 0.29) is 5.69 Å². The minimum atomic E-state index is -0.456. The van der Waals surface area contributed by atoms with Crippen molar-refractivity contribution in [2.45, 2.75) is 6.92 Å². The van der Waals surface area contributed by atoms with Gasteiger partial charge in [-0.3, -0.25) is 14.9 Å². The van der Waals surface area contributed by atoms with Gasteiger partial charge in [0.1, 0.15) is 10.6 Å². The molecule has 1 N–H and O–H groups in total. The van der Waals surface area contributed by atoms with Crippen LogP contribution < -0.4 is 5.43 Å². The molecule has 0 aliphatic rings. The number of amides is 1. The van der Waals surface area contributed by atoms with Crippen LogP contribution in [0.1, 0.15) is 20.8 Å². The molecule has 0 bridgehead atoms. The third-order valence-electron chi connectivity index (χ3n) is 5.45. The van der Waals surface area contributed by atoms with Crippen molar-refractivity contribution in [3.8, 4) is 16.9 Å². The number of nitrogens with zero attached hydrogens (tertiary/aromatic N) is 4. The number of rotatable bonds is 6. The van der Waals surface area contributed by atoms with Crippen molar-refractivity contribution < 1.29 is 9.72 Å². The topological polar surface area (TPSA) is 102 Å². The lowest BCUT2D eigenvalue weighted by atomic mass is 10.1. The van der Waals surface area contributed by atoms with Gasteiger partial charge in [-0.1, -0.05) is 54.1 Å². The molecule has 0 unspecified atom stereocenters. The monoisotopic (exact) mass is 515 g/mol. The smallest absolute Gasteiger partial charge is 0.266 e. The number of para-hydroxylation sites is 1. The van der Waals surface area contributed by atoms with Crippen LogP contribution in [0, 0.1) is 17.0 Å². The van der Waals surface area contributed by atoms with Crippen LogP contribution in [0.2, 0.25) is 5.02 Å². The SMILES string of the molecule is Cc1ccc2c(Cl)c(C(=O)N/N=C\c3cn(-c4ccccc4)nc3-c3cccc([N+](=O)[O-])c3)sc2c1. The predicted molar refractivity (Wildman–Crippen MR) is 142 cm³/mol. The summed E-state index contributed by atoms with van der Waals surface area (Å²) in [4.78, 5) is 24.0. The van der Waals surface area contributed by atoms with E-state index in [9.17, 15) is 14.9 Å². The van der Waals surface area contributed by atoms with Crippen LogP contribution in [-0.2, 0) is 0 Å². The fourth-order valence-corrected chi connectivity index (χ4v) is 5.22. The number of hydrogen-bond donors (Lipinski definition) is 1. The van der Waals surface area contributed by atoms with E-state index in [1.807, 2.05) is 55.5 Å². The first-order chi connectivity index (χ1) is 17.4. The number of fused-ring (bicyclic) bond motifs is 1. The maximum absolute atomic E-state index is 12.8. The highest BCUT2D eigenvalue weighted by atomic mass is 35.5. The highest BCUT2D eigenvalue weighted by Crippen LogP contribution is 2.35. The van der Waals surface area contributed by atoms with E-state index in [4.69, 9.17) is 11.6 Å². The zero-order valence-corrected chi connectivity index (χ0v) is 20.5. The molecule has 5 rings (SSSR count). The average Bonchev–Trinajstić information content (AvgIpc) is 3.45. The van der Waals surface area contributed by atoms with Crippen LogP contribution in [0.4, 0.5) is 5.69 Å². The molecule has 1 amide bonds. The number of aryl methyl sites for hydroxylation is 1. The molecule has 0 spiro atoms. The lowest BCUT2D eigenvalue weighted by Crippen LogP contribution is -2.16. The molecule has 0 saturated carbocycles. The van der Waals surface area contributed by atoms with Gasteiger partial charge in [0.15, 0.2) is 0 Å². The van der Waals surface area contributed by atoms with Crippen LogP contribution >= 0.6 is 22.9 Å². The molecule has 10 heteroatoms. The number of carbonyl (C=O) groups is 1. The number of benzene rings is 3. The third-order valence-corrected chi connectivity index (χ3v) is 7.11. The Hall–Kier alpha value is -4.34. The first-order valence-electron chi connectivity index (χ1n) is 10.8. The molecule has 2 aromatic heterocycles. The molecule has 0 saturated heterocycles. The summed E-state index contributed by atoms with van der Waals surface area (Å²) >= 11 is 7.75. The zero-order chi connectivity index (χ0) is 25.2. The van der Waals surface area contributed by atoms with E-state index >= 15 is 0 Å². The highest BCUT2D eigenvalue weighted by Gasteiger charge is 2.18. The van der Waals surface area contributed by atoms with Gasteiger partial charge < -0.3 is 0 Å². The molecular weight excluding hydrogens is 498 g/mol. The molecule has 36 heavy (non-hydrogen) atoms. The van der Waals surface area contributed by atoms with Gasteiger partial charge in [0, 0.05) is 39.5 Å². The maximum Gasteiger partial charge on any atom is 0.283 e. The van der Waals surface area contributed by atoms with Gasteiger partial charge in [0.25, 0.3) is 11.6 Å². The number of non-ortho nitro benzene ring substituents is 1. The van der Waals surface area contributed by atoms with Crippen LogP contribution in [0.3, 0.4) is 0 Å². The van der Waals surface area contributed by atoms with Crippen LogP contribution in [0.15, 0.2) is 84.1 Å². The molecule has 0 atom stereocenters. The Morgan fingerprint density at radius 1 is 1.14 bits per heavy atom. The number of nitro benzene ring substituents is 1. The first-order valence-corrected chi connectivity index (χ1v) is 12.0. The van der Waals surface area contributed by atoms with Crippen molar-refractivity contribution in [1.29, 1.82) is 0 Å². The van der Waals surface area contributed by atoms with E-state index in [0.717, 1.165) is 21.3 Å². The first kappa shape index (κ1) is 23.4. The minimum Gasteiger partial charge on any atom is -0.266 e. The fourth-order valence-electron chi connectivity index (χ4n) is 3.72. The summed E-state index contributed by atoms with van der Waals surface area (Å²) in [6, 6.07) is 21.5. The van der Waals surface area contributed by atoms with Gasteiger partial charge in [-0.25, -0.2) is 10.1 Å². The Labute approximate surface area is 214 Å². The molecule has 0 aliphatic carbocycles. The van der Waals surface area contributed by atoms with E-state index in [1.54, 1.807) is 23.0 Å². The van der Waals surface area contributed by atoms with Gasteiger partial charge in [0.05, 0.1) is 21.8 Å². The second-order valence-electron chi connectivity index (χ2n) is 7.96. The molecule has 178 valence electrons. The van der Waals surface area contributed by atoms with E-state index in [2.05, 4.69) is 15.6 Å². The minimum absolute atomic E-state index is 0.0485. The van der Waals surface area contributed by atoms with Gasteiger partial charge in [-0.15, -0.1) is 11.3 Å². The normalized spacial score (nSPS) is 11.3. The van der Waals surface area contributed by atoms with Crippen molar-refractivity contribution in [2.75, 3.05) is 0 Å². The molecule has 8 nitrogen and oxygen atoms in total. The van der Waals surface area contributed by atoms with Crippen molar-refractivity contribution >= 4 is 50.8 Å². The summed E-state index contributed by atoms with van der Waals surface area (Å²) in [5.74, 6) is -0.428. The summed E-state index contributed by atoms with van der Waals surface area (Å²) in [7, 11) is 0. The molecule has 0 fully saturated rings. The van der Waals surface area contributed by atoms with E-state index in [1.165, 1.54) is 29.7 Å². The Balaban J connectivity index is 1.47. The number of thiophene rings is 1. The Kier molecular flexibility index (Phi) is 6.32. The van der Waals surface area contributed by atoms with Gasteiger partial charge in [0.2, 0.25) is 0 Å². The van der Waals surface area contributed by atoms with Crippen LogP contribution in [0.25, 0.3) is 27.0 Å². The maximum atomic E-state index is 12.8. The average molecular weight is 516 g/mol. The molecule has 0 aliphatic heterocycles. The van der Waals surface area contributed by atoms with E-state index in [0.29, 0.717) is 26.7 Å². The number of aromatic nitrogens is 2. The van der Waals surface area contributed by atoms with Crippen molar-refractivity contribution in [3.05, 3.63) is 110 Å². The Morgan fingerprint density at radius 3 is 2.72 bits per heavy atom. The summed E-state index contributed by atoms with van der Waals surface area (Å²) in [5.41, 5.74) is 5.97. The largest absolute Gasteiger partial charge is 0.283 e. The van der Waals surface area contributed by atoms with Gasteiger partial charge in [-0.2, -0.15) is 10.2 Å². The van der Waals surface area contributed by atoms with Crippen molar-refractivity contribution in [3.63, 3.8) is 0 Å². The number of hydrazone groups is 1. The lowest BCUT2D eigenvalue weighted by molar-refractivity contribution is -0.384. The molecule has 5 aromatic rings. The van der Waals surface area contributed by atoms with Crippen LogP contribution in [-0.4, -0.2) is 26.8 Å². The number of nitrogens with one attached hydrogen (secondary N) is 1. The number of nitro groups is 1. The Bertz CT molecular complexity index is 1640. The summed E-state index contributed by atoms with van der Waals surface area (Å²) in [5, 5.41) is 21.3. The summed E-state index contributed by atoms with van der Waals surface area (Å²) in [6.07, 6.45) is 3.21. The number of hydrogen-bond acceptors (Lipinski definition) is 6. The lowest BCUT2D eigenvalue weighted by Gasteiger charge is -2.01. The highest BCUT2D eigenvalue weighted by molar-refractivity contribution is 7.21. The quantitative estimate of drug-likeness (QED) is 0.161. The van der Waals surface area contributed by atoms with Crippen LogP contribution in [0.5, 0.6) is 0 Å². The molecule has 2 heterocycles. The van der Waals surface area contributed by atoms with Gasteiger partial charge >= 0.3 is 0 Å². The number of halogens is 1. The van der Waals surface area contributed by atoms with Gasteiger partial charge in [-0.05, 0) is 30.7 Å². The summed E-state index contributed by atoms with van der Waals surface area (Å²) < 4.78 is 2.58. The molecule has 3 aromatic carbocycles. The predicted octanol–water partition coefficient (Wildman–Crippen LogP) is 6.39. The van der Waals surface area contributed by atoms with E-state index < -0.39 is 10.8 Å². The second kappa shape index (κ2) is 9.73. The summed E-state index contributed by atoms with van der Waals surface area (Å²) in [6.45, 7) is 1.98. The fraction of sp³-hybridized carbons (Fsp3) is 0.0385. The molecule has 0 radical (unpaired) electrons.